The SMILES string of the molecule is COc1ccc(CNS(=O)(=O)c2ccccc2Br)cc1OC. The van der Waals surface area contributed by atoms with Crippen LogP contribution >= 0.6 is 15.9 Å². The lowest BCUT2D eigenvalue weighted by atomic mass is 10.2. The van der Waals surface area contributed by atoms with E-state index in [0.717, 1.165) is 5.56 Å². The van der Waals surface area contributed by atoms with E-state index in [2.05, 4.69) is 20.7 Å². The molecule has 5 nitrogen and oxygen atoms in total. The fourth-order valence-corrected chi connectivity index (χ4v) is 3.93. The third-order valence-corrected chi connectivity index (χ3v) is 5.45. The molecule has 1 N–H and O–H groups in total. The van der Waals surface area contributed by atoms with Gasteiger partial charge in [0, 0.05) is 11.0 Å². The number of halogens is 1. The molecule has 0 amide bonds. The van der Waals surface area contributed by atoms with Gasteiger partial charge in [-0.2, -0.15) is 0 Å². The fraction of sp³-hybridized carbons (Fsp3) is 0.200. The Morgan fingerprint density at radius 1 is 1.05 bits per heavy atom. The van der Waals surface area contributed by atoms with Gasteiger partial charge in [-0.15, -0.1) is 0 Å². The summed E-state index contributed by atoms with van der Waals surface area (Å²) in [4.78, 5) is 0.204. The van der Waals surface area contributed by atoms with Crippen LogP contribution in [0.4, 0.5) is 0 Å². The molecular formula is C15H16BrNO4S. The van der Waals surface area contributed by atoms with E-state index in [1.54, 1.807) is 49.6 Å². The summed E-state index contributed by atoms with van der Waals surface area (Å²) in [5, 5.41) is 0. The van der Waals surface area contributed by atoms with Crippen LogP contribution in [-0.4, -0.2) is 22.6 Å². The second kappa shape index (κ2) is 7.13. The molecule has 0 heterocycles. The largest absolute Gasteiger partial charge is 0.493 e. The third-order valence-electron chi connectivity index (χ3n) is 3.04. The van der Waals surface area contributed by atoms with Crippen molar-refractivity contribution in [2.75, 3.05) is 14.2 Å². The van der Waals surface area contributed by atoms with Gasteiger partial charge in [-0.1, -0.05) is 18.2 Å². The highest BCUT2D eigenvalue weighted by Gasteiger charge is 2.17. The molecule has 0 bridgehead atoms. The Bertz CT molecular complexity index is 762. The van der Waals surface area contributed by atoms with Gasteiger partial charge in [0.15, 0.2) is 11.5 Å². The van der Waals surface area contributed by atoms with Gasteiger partial charge in [0.2, 0.25) is 10.0 Å². The smallest absolute Gasteiger partial charge is 0.241 e. The lowest BCUT2D eigenvalue weighted by Crippen LogP contribution is -2.23. The predicted molar refractivity (Wildman–Crippen MR) is 87.7 cm³/mol. The van der Waals surface area contributed by atoms with E-state index in [-0.39, 0.29) is 11.4 Å². The average Bonchev–Trinajstić information content (AvgIpc) is 2.53. The Kier molecular flexibility index (Phi) is 5.44. The topological polar surface area (TPSA) is 64.6 Å². The molecule has 2 aromatic carbocycles. The molecule has 2 aromatic rings. The Hall–Kier alpha value is -1.57. The minimum absolute atomic E-state index is 0.157. The van der Waals surface area contributed by atoms with Crippen molar-refractivity contribution in [3.63, 3.8) is 0 Å². The molecule has 0 aliphatic rings. The lowest BCUT2D eigenvalue weighted by molar-refractivity contribution is 0.354. The fourth-order valence-electron chi connectivity index (χ4n) is 1.91. The Morgan fingerprint density at radius 3 is 2.36 bits per heavy atom. The zero-order chi connectivity index (χ0) is 16.2. The van der Waals surface area contributed by atoms with Gasteiger partial charge in [0.25, 0.3) is 0 Å². The molecule has 0 unspecified atom stereocenters. The van der Waals surface area contributed by atoms with Crippen LogP contribution in [0.5, 0.6) is 11.5 Å². The highest BCUT2D eigenvalue weighted by atomic mass is 79.9. The molecule has 0 atom stereocenters. The third kappa shape index (κ3) is 3.79. The van der Waals surface area contributed by atoms with Gasteiger partial charge in [0.1, 0.15) is 0 Å². The molecule has 0 aliphatic heterocycles. The summed E-state index contributed by atoms with van der Waals surface area (Å²) in [5.74, 6) is 1.15. The number of hydrogen-bond acceptors (Lipinski definition) is 4. The van der Waals surface area contributed by atoms with Crippen molar-refractivity contribution in [2.45, 2.75) is 11.4 Å². The first-order chi connectivity index (χ1) is 10.5. The van der Waals surface area contributed by atoms with E-state index < -0.39 is 10.0 Å². The van der Waals surface area contributed by atoms with E-state index in [1.807, 2.05) is 0 Å². The van der Waals surface area contributed by atoms with Gasteiger partial charge < -0.3 is 9.47 Å². The molecule has 118 valence electrons. The molecule has 0 radical (unpaired) electrons. The van der Waals surface area contributed by atoms with Gasteiger partial charge in [-0.05, 0) is 45.8 Å². The zero-order valence-corrected chi connectivity index (χ0v) is 14.6. The number of sulfonamides is 1. The number of benzene rings is 2. The molecule has 0 saturated heterocycles. The molecule has 7 heteroatoms. The van der Waals surface area contributed by atoms with Crippen LogP contribution in [0, 0.1) is 0 Å². The zero-order valence-electron chi connectivity index (χ0n) is 12.2. The Labute approximate surface area is 138 Å². The first kappa shape index (κ1) is 16.8. The molecular weight excluding hydrogens is 370 g/mol. The summed E-state index contributed by atoms with van der Waals surface area (Å²) >= 11 is 3.24. The van der Waals surface area contributed by atoms with Crippen molar-refractivity contribution in [2.24, 2.45) is 0 Å². The van der Waals surface area contributed by atoms with Gasteiger partial charge >= 0.3 is 0 Å². The first-order valence-corrected chi connectivity index (χ1v) is 8.70. The monoisotopic (exact) mass is 385 g/mol. The van der Waals surface area contributed by atoms with Crippen molar-refractivity contribution in [1.82, 2.24) is 4.72 Å². The lowest BCUT2D eigenvalue weighted by Gasteiger charge is -2.11. The van der Waals surface area contributed by atoms with Crippen LogP contribution < -0.4 is 14.2 Å². The standard InChI is InChI=1S/C15H16BrNO4S/c1-20-13-8-7-11(9-14(13)21-2)10-17-22(18,19)15-6-4-3-5-12(15)16/h3-9,17H,10H2,1-2H3. The van der Waals surface area contributed by atoms with Crippen LogP contribution in [0.3, 0.4) is 0 Å². The minimum atomic E-state index is -3.59. The molecule has 2 rings (SSSR count). The number of methoxy groups -OCH3 is 2. The van der Waals surface area contributed by atoms with Gasteiger partial charge in [-0.25, -0.2) is 13.1 Å². The van der Waals surface area contributed by atoms with E-state index in [9.17, 15) is 8.42 Å². The number of hydrogen-bond donors (Lipinski definition) is 1. The van der Waals surface area contributed by atoms with Crippen LogP contribution in [0.15, 0.2) is 51.8 Å². The average molecular weight is 386 g/mol. The quantitative estimate of drug-likeness (QED) is 0.829. The van der Waals surface area contributed by atoms with Crippen LogP contribution in [0.2, 0.25) is 0 Å². The summed E-state index contributed by atoms with van der Waals surface area (Å²) < 4.78 is 38.1. The Balaban J connectivity index is 2.18. The maximum absolute atomic E-state index is 12.3. The Morgan fingerprint density at radius 2 is 1.73 bits per heavy atom. The molecule has 0 aliphatic carbocycles. The van der Waals surface area contributed by atoms with E-state index >= 15 is 0 Å². The van der Waals surface area contributed by atoms with Crippen molar-refractivity contribution in [3.8, 4) is 11.5 Å². The van der Waals surface area contributed by atoms with E-state index in [0.29, 0.717) is 16.0 Å². The minimum Gasteiger partial charge on any atom is -0.493 e. The summed E-state index contributed by atoms with van der Waals surface area (Å²) in [7, 11) is -0.510. The molecule has 0 saturated carbocycles. The highest BCUT2D eigenvalue weighted by molar-refractivity contribution is 9.10. The number of nitrogens with one attached hydrogen (secondary N) is 1. The molecule has 0 spiro atoms. The summed E-state index contributed by atoms with van der Waals surface area (Å²) in [5.41, 5.74) is 0.772. The van der Waals surface area contributed by atoms with Crippen molar-refractivity contribution in [3.05, 3.63) is 52.5 Å². The maximum Gasteiger partial charge on any atom is 0.241 e. The second-order valence-corrected chi connectivity index (χ2v) is 7.03. The van der Waals surface area contributed by atoms with E-state index in [1.165, 1.54) is 7.11 Å². The van der Waals surface area contributed by atoms with Gasteiger partial charge in [-0.3, -0.25) is 0 Å². The predicted octanol–water partition coefficient (Wildman–Crippen LogP) is 2.94. The second-order valence-electron chi connectivity index (χ2n) is 4.44. The van der Waals surface area contributed by atoms with Gasteiger partial charge in [0.05, 0.1) is 19.1 Å². The summed E-state index contributed by atoms with van der Waals surface area (Å²) in [6, 6.07) is 11.9. The van der Waals surface area contributed by atoms with Crippen LogP contribution in [0.25, 0.3) is 0 Å². The number of rotatable bonds is 6. The van der Waals surface area contributed by atoms with Crippen molar-refractivity contribution < 1.29 is 17.9 Å². The first-order valence-electron chi connectivity index (χ1n) is 6.43. The van der Waals surface area contributed by atoms with E-state index in [4.69, 9.17) is 9.47 Å². The summed E-state index contributed by atoms with van der Waals surface area (Å²) in [6.45, 7) is 0.157. The summed E-state index contributed by atoms with van der Waals surface area (Å²) in [6.07, 6.45) is 0. The highest BCUT2D eigenvalue weighted by Crippen LogP contribution is 2.28. The molecule has 0 aromatic heterocycles. The maximum atomic E-state index is 12.3. The normalized spacial score (nSPS) is 11.2. The van der Waals surface area contributed by atoms with Crippen LogP contribution in [-0.2, 0) is 16.6 Å². The molecule has 22 heavy (non-hydrogen) atoms. The van der Waals surface area contributed by atoms with Crippen molar-refractivity contribution >= 4 is 26.0 Å². The molecule has 0 fully saturated rings. The van der Waals surface area contributed by atoms with Crippen molar-refractivity contribution in [1.29, 1.82) is 0 Å². The van der Waals surface area contributed by atoms with Crippen LogP contribution in [0.1, 0.15) is 5.56 Å². The number of ether oxygens (including phenoxy) is 2.